The number of nitrogens with zero attached hydrogens (tertiary/aromatic N) is 4. The summed E-state index contributed by atoms with van der Waals surface area (Å²) in [4.78, 5) is 25.8. The number of hydrogen-bond donors (Lipinski definition) is 3. The molecule has 0 saturated carbocycles. The Morgan fingerprint density at radius 1 is 1.10 bits per heavy atom. The van der Waals surface area contributed by atoms with Crippen LogP contribution in [0, 0.1) is 18.8 Å². The number of halogens is 3. The summed E-state index contributed by atoms with van der Waals surface area (Å²) in [5, 5.41) is 2.61. The SMILES string of the molecule is CCc1nc(C#Cc2cc(C(=O)Nc3ccc(CN4CCN(C)CC4)c(C(F)(F)F)c3)ccc2C)cnc1NN. The Hall–Kier alpha value is -3.98. The van der Waals surface area contributed by atoms with Gasteiger partial charge in [-0.05, 0) is 61.7 Å². The van der Waals surface area contributed by atoms with E-state index in [0.717, 1.165) is 24.7 Å². The molecule has 0 aliphatic carbocycles. The van der Waals surface area contributed by atoms with Gasteiger partial charge in [-0.3, -0.25) is 9.69 Å². The molecule has 1 fully saturated rings. The van der Waals surface area contributed by atoms with Crippen molar-refractivity contribution in [3.05, 3.63) is 81.8 Å². The highest BCUT2D eigenvalue weighted by atomic mass is 19.4. The molecule has 11 heteroatoms. The van der Waals surface area contributed by atoms with E-state index in [-0.39, 0.29) is 23.4 Å². The van der Waals surface area contributed by atoms with Crippen LogP contribution in [0.1, 0.15) is 50.9 Å². The van der Waals surface area contributed by atoms with Crippen molar-refractivity contribution in [3.8, 4) is 11.8 Å². The third kappa shape index (κ3) is 7.15. The zero-order valence-corrected chi connectivity index (χ0v) is 22.7. The van der Waals surface area contributed by atoms with Crippen molar-refractivity contribution in [3.63, 3.8) is 0 Å². The lowest BCUT2D eigenvalue weighted by atomic mass is 10.0. The number of nitrogens with one attached hydrogen (secondary N) is 2. The normalized spacial score (nSPS) is 14.4. The highest BCUT2D eigenvalue weighted by Gasteiger charge is 2.34. The smallest absolute Gasteiger partial charge is 0.322 e. The van der Waals surface area contributed by atoms with E-state index in [0.29, 0.717) is 42.3 Å². The van der Waals surface area contributed by atoms with E-state index < -0.39 is 17.6 Å². The number of carbonyl (C=O) groups is 1. The maximum absolute atomic E-state index is 13.9. The van der Waals surface area contributed by atoms with Crippen LogP contribution in [-0.2, 0) is 19.1 Å². The zero-order chi connectivity index (χ0) is 28.9. The second-order valence-corrected chi connectivity index (χ2v) is 9.73. The fourth-order valence-electron chi connectivity index (χ4n) is 4.39. The van der Waals surface area contributed by atoms with Crippen molar-refractivity contribution >= 4 is 17.4 Å². The number of anilines is 2. The molecule has 210 valence electrons. The largest absolute Gasteiger partial charge is 0.416 e. The van der Waals surface area contributed by atoms with Crippen LogP contribution in [0.15, 0.2) is 42.6 Å². The lowest BCUT2D eigenvalue weighted by Gasteiger charge is -2.33. The van der Waals surface area contributed by atoms with E-state index in [4.69, 9.17) is 5.84 Å². The van der Waals surface area contributed by atoms with Gasteiger partial charge in [-0.25, -0.2) is 15.8 Å². The molecule has 1 saturated heterocycles. The van der Waals surface area contributed by atoms with Crippen LogP contribution in [0.25, 0.3) is 0 Å². The molecule has 0 bridgehead atoms. The van der Waals surface area contributed by atoms with Crippen LogP contribution in [0.4, 0.5) is 24.7 Å². The zero-order valence-electron chi connectivity index (χ0n) is 22.7. The second-order valence-electron chi connectivity index (χ2n) is 9.73. The van der Waals surface area contributed by atoms with Crippen LogP contribution in [0.3, 0.4) is 0 Å². The highest BCUT2D eigenvalue weighted by molar-refractivity contribution is 6.04. The van der Waals surface area contributed by atoms with Crippen LogP contribution in [0.5, 0.6) is 0 Å². The van der Waals surface area contributed by atoms with Crippen molar-refractivity contribution in [2.45, 2.75) is 33.0 Å². The molecule has 4 rings (SSSR count). The van der Waals surface area contributed by atoms with Gasteiger partial charge in [-0.2, -0.15) is 13.2 Å². The summed E-state index contributed by atoms with van der Waals surface area (Å²) in [6.45, 7) is 7.00. The van der Waals surface area contributed by atoms with Gasteiger partial charge in [0.2, 0.25) is 0 Å². The topological polar surface area (TPSA) is 99.4 Å². The number of hydrogen-bond acceptors (Lipinski definition) is 7. The van der Waals surface area contributed by atoms with Crippen LogP contribution in [0.2, 0.25) is 0 Å². The second kappa shape index (κ2) is 12.5. The summed E-state index contributed by atoms with van der Waals surface area (Å²) in [6.07, 6.45) is -2.43. The van der Waals surface area contributed by atoms with Crippen LogP contribution in [-0.4, -0.2) is 58.9 Å². The van der Waals surface area contributed by atoms with Gasteiger partial charge in [0.1, 0.15) is 5.69 Å². The number of likely N-dealkylation sites (N-methyl/N-ethyl adjacent to an activating group) is 1. The van der Waals surface area contributed by atoms with Crippen molar-refractivity contribution in [1.82, 2.24) is 19.8 Å². The number of rotatable bonds is 6. The van der Waals surface area contributed by atoms with E-state index in [1.165, 1.54) is 18.3 Å². The number of carbonyl (C=O) groups excluding carboxylic acids is 1. The Balaban J connectivity index is 1.53. The molecule has 1 aromatic heterocycles. The Morgan fingerprint density at radius 2 is 1.85 bits per heavy atom. The average Bonchev–Trinajstić information content (AvgIpc) is 2.93. The van der Waals surface area contributed by atoms with Crippen molar-refractivity contribution < 1.29 is 18.0 Å². The molecule has 4 N–H and O–H groups in total. The highest BCUT2D eigenvalue weighted by Crippen LogP contribution is 2.34. The Kier molecular flexibility index (Phi) is 9.04. The fourth-order valence-corrected chi connectivity index (χ4v) is 4.39. The van der Waals surface area contributed by atoms with Gasteiger partial charge in [0, 0.05) is 49.5 Å². The van der Waals surface area contributed by atoms with Gasteiger partial charge in [-0.1, -0.05) is 25.0 Å². The molecule has 3 aromatic rings. The quantitative estimate of drug-likeness (QED) is 0.242. The minimum Gasteiger partial charge on any atom is -0.322 e. The molecule has 1 aliphatic heterocycles. The van der Waals surface area contributed by atoms with Gasteiger partial charge in [0.15, 0.2) is 5.82 Å². The first-order valence-electron chi connectivity index (χ1n) is 12.9. The predicted octanol–water partition coefficient (Wildman–Crippen LogP) is 4.05. The number of benzene rings is 2. The molecular formula is C29H32F3N7O. The van der Waals surface area contributed by atoms with Crippen molar-refractivity contribution in [1.29, 1.82) is 0 Å². The first-order valence-corrected chi connectivity index (χ1v) is 12.9. The van der Waals surface area contributed by atoms with Crippen molar-refractivity contribution in [2.24, 2.45) is 5.84 Å². The summed E-state index contributed by atoms with van der Waals surface area (Å²) < 4.78 is 41.8. The summed E-state index contributed by atoms with van der Waals surface area (Å²) >= 11 is 0. The van der Waals surface area contributed by atoms with Crippen LogP contribution >= 0.6 is 0 Å². The Labute approximate surface area is 231 Å². The average molecular weight is 552 g/mol. The predicted molar refractivity (Wildman–Crippen MR) is 149 cm³/mol. The molecular weight excluding hydrogens is 519 g/mol. The minimum absolute atomic E-state index is 0.0728. The first-order chi connectivity index (χ1) is 19.1. The number of aromatic nitrogens is 2. The van der Waals surface area contributed by atoms with E-state index in [1.54, 1.807) is 18.2 Å². The summed E-state index contributed by atoms with van der Waals surface area (Å²) in [7, 11) is 2.00. The monoisotopic (exact) mass is 551 g/mol. The van der Waals surface area contributed by atoms with E-state index >= 15 is 0 Å². The number of alkyl halides is 3. The maximum atomic E-state index is 13.9. The third-order valence-corrected chi connectivity index (χ3v) is 6.80. The molecule has 1 aliphatic rings. The number of aryl methyl sites for hydroxylation is 2. The lowest BCUT2D eigenvalue weighted by Crippen LogP contribution is -2.44. The number of nitrogen functional groups attached to an aromatic ring is 1. The molecule has 0 spiro atoms. The molecule has 1 amide bonds. The molecule has 0 radical (unpaired) electrons. The van der Waals surface area contributed by atoms with Crippen LogP contribution < -0.4 is 16.6 Å². The minimum atomic E-state index is -4.55. The number of amides is 1. The van der Waals surface area contributed by atoms with Gasteiger partial charge in [-0.15, -0.1) is 0 Å². The standard InChI is InChI=1S/C29H32F3N7O/c1-4-26-27(37-33)34-17-24(35-26)10-7-20-15-21(6-5-19(20)2)28(40)36-23-9-8-22(25(16-23)29(30,31)32)18-39-13-11-38(3)12-14-39/h5-6,8-9,15-17H,4,11-14,18,33H2,1-3H3,(H,34,37)(H,36,40). The third-order valence-electron chi connectivity index (χ3n) is 6.80. The van der Waals surface area contributed by atoms with E-state index in [9.17, 15) is 18.0 Å². The molecule has 8 nitrogen and oxygen atoms in total. The maximum Gasteiger partial charge on any atom is 0.416 e. The van der Waals surface area contributed by atoms with Gasteiger partial charge >= 0.3 is 6.18 Å². The Morgan fingerprint density at radius 3 is 2.52 bits per heavy atom. The van der Waals surface area contributed by atoms with Gasteiger partial charge < -0.3 is 15.6 Å². The molecule has 2 aromatic carbocycles. The summed E-state index contributed by atoms with van der Waals surface area (Å²) in [6, 6.07) is 8.91. The first kappa shape index (κ1) is 29.0. The van der Waals surface area contributed by atoms with Gasteiger partial charge in [0.25, 0.3) is 5.91 Å². The molecule has 0 unspecified atom stereocenters. The molecule has 0 atom stereocenters. The summed E-state index contributed by atoms with van der Waals surface area (Å²) in [5.74, 6) is 11.4. The number of piperazine rings is 1. The number of hydrazine groups is 1. The van der Waals surface area contributed by atoms with E-state index in [2.05, 4.69) is 37.5 Å². The molecule has 40 heavy (non-hydrogen) atoms. The Bertz CT molecular complexity index is 1440. The lowest BCUT2D eigenvalue weighted by molar-refractivity contribution is -0.138. The molecule has 2 heterocycles. The summed E-state index contributed by atoms with van der Waals surface area (Å²) in [5.41, 5.74) is 4.83. The fraction of sp³-hybridized carbons (Fsp3) is 0.345. The van der Waals surface area contributed by atoms with E-state index in [1.807, 2.05) is 25.8 Å². The number of nitrogens with two attached hydrogens (primary N) is 1. The van der Waals surface area contributed by atoms with Crippen molar-refractivity contribution in [2.75, 3.05) is 44.0 Å². The van der Waals surface area contributed by atoms with Gasteiger partial charge in [0.05, 0.1) is 17.5 Å².